The summed E-state index contributed by atoms with van der Waals surface area (Å²) < 4.78 is 10.3. The standard InChI is InChI=1S/C37H32N3O.C17H22GeN.Ir/c1-22(2)30-20-26(25-12-7-6-8-13-25)21-31(23(3)4)34(30)40-33-17-10-9-16-32(33)39-36(40)29-15-11-14-27-28-19-18-24(5)38-37(28)41-35(27)29;1-13(2)15-11-17(14-9-7-6-8-10-14)19-12-16(15)18(3,4)5;/h6-14,16-23H,1-5H3;6-9,11-13H,1-5H3;/q2*-1;. The second kappa shape index (κ2) is 18.1. The van der Waals surface area contributed by atoms with Gasteiger partial charge in [0.05, 0.1) is 22.4 Å². The molecule has 0 spiro atoms. The number of fused-ring (bicyclic) bond motifs is 4. The number of para-hydroxylation sites is 2. The molecule has 7 heteroatoms. The van der Waals surface area contributed by atoms with E-state index in [9.17, 15) is 0 Å². The van der Waals surface area contributed by atoms with Crippen molar-refractivity contribution in [1.29, 1.82) is 0 Å². The van der Waals surface area contributed by atoms with E-state index >= 15 is 0 Å². The third-order valence-electron chi connectivity index (χ3n) is 11.3. The van der Waals surface area contributed by atoms with Crippen LogP contribution in [0.4, 0.5) is 0 Å². The molecule has 4 heterocycles. The molecule has 0 aliphatic heterocycles. The number of aromatic nitrogens is 4. The van der Waals surface area contributed by atoms with Gasteiger partial charge in [-0.2, -0.15) is 0 Å². The van der Waals surface area contributed by atoms with Crippen molar-refractivity contribution >= 4 is 50.8 Å². The Balaban J connectivity index is 0.000000237. The van der Waals surface area contributed by atoms with Crippen molar-refractivity contribution < 1.29 is 24.5 Å². The molecule has 9 rings (SSSR count). The maximum atomic E-state index is 6.44. The average molecular weight is 1040 g/mol. The van der Waals surface area contributed by atoms with Crippen molar-refractivity contribution in [2.24, 2.45) is 0 Å². The molecule has 0 N–H and O–H groups in total. The van der Waals surface area contributed by atoms with E-state index in [1.165, 1.54) is 37.9 Å². The van der Waals surface area contributed by atoms with Crippen LogP contribution in [0.15, 0.2) is 132 Å². The number of rotatable bonds is 8. The zero-order chi connectivity index (χ0) is 42.3. The van der Waals surface area contributed by atoms with E-state index in [2.05, 4.69) is 177 Å². The third kappa shape index (κ3) is 8.82. The van der Waals surface area contributed by atoms with Crippen molar-refractivity contribution in [2.45, 2.75) is 83.5 Å². The number of pyridine rings is 2. The quantitative estimate of drug-likeness (QED) is 0.112. The Morgan fingerprint density at radius 3 is 1.97 bits per heavy atom. The molecular formula is C54H54GeIrN4O-2. The Bertz CT molecular complexity index is 2930. The summed E-state index contributed by atoms with van der Waals surface area (Å²) in [5.74, 6) is 9.23. The Hall–Kier alpha value is -5.14. The summed E-state index contributed by atoms with van der Waals surface area (Å²) in [5.41, 5.74) is 15.0. The van der Waals surface area contributed by atoms with Crippen molar-refractivity contribution in [2.75, 3.05) is 0 Å². The molecule has 0 aliphatic carbocycles. The number of nitrogens with zero attached hydrogens (tertiary/aromatic N) is 4. The smallest absolute Gasteiger partial charge is 0.216 e. The fraction of sp³-hybridized carbons (Fsp3) is 0.241. The van der Waals surface area contributed by atoms with Gasteiger partial charge in [-0.05, 0) is 77.4 Å². The van der Waals surface area contributed by atoms with Crippen LogP contribution in [0.5, 0.6) is 0 Å². The summed E-state index contributed by atoms with van der Waals surface area (Å²) in [4.78, 5) is 14.6. The number of aryl methyl sites for hydroxylation is 1. The summed E-state index contributed by atoms with van der Waals surface area (Å²) >= 11 is -1.85. The molecule has 0 saturated heterocycles. The molecule has 9 aromatic rings. The van der Waals surface area contributed by atoms with Crippen molar-refractivity contribution in [1.82, 2.24) is 19.5 Å². The molecule has 0 fully saturated rings. The van der Waals surface area contributed by atoms with Gasteiger partial charge < -0.3 is 8.98 Å². The van der Waals surface area contributed by atoms with Crippen LogP contribution in [0.2, 0.25) is 17.3 Å². The summed E-state index contributed by atoms with van der Waals surface area (Å²) in [6.07, 6.45) is 2.12. The van der Waals surface area contributed by atoms with Gasteiger partial charge in [0, 0.05) is 36.9 Å². The van der Waals surface area contributed by atoms with Crippen LogP contribution < -0.4 is 4.40 Å². The zero-order valence-electron chi connectivity index (χ0n) is 36.9. The Labute approximate surface area is 377 Å². The van der Waals surface area contributed by atoms with Crippen LogP contribution in [-0.4, -0.2) is 32.8 Å². The molecule has 1 radical (unpaired) electrons. The van der Waals surface area contributed by atoms with E-state index in [0.29, 0.717) is 23.5 Å². The number of imidazole rings is 1. The predicted octanol–water partition coefficient (Wildman–Crippen LogP) is 14.2. The monoisotopic (exact) mass is 1040 g/mol. The van der Waals surface area contributed by atoms with E-state index in [-0.39, 0.29) is 20.1 Å². The van der Waals surface area contributed by atoms with E-state index in [4.69, 9.17) is 9.40 Å². The molecule has 0 atom stereocenters. The first-order valence-electron chi connectivity index (χ1n) is 21.2. The summed E-state index contributed by atoms with van der Waals surface area (Å²) in [5, 5.41) is 2.02. The van der Waals surface area contributed by atoms with Crippen LogP contribution >= 0.6 is 0 Å². The van der Waals surface area contributed by atoms with E-state index < -0.39 is 13.3 Å². The number of hydrogen-bond donors (Lipinski definition) is 0. The molecule has 5 aromatic carbocycles. The minimum absolute atomic E-state index is 0. The molecule has 0 saturated carbocycles. The maximum Gasteiger partial charge on any atom is 0.216 e. The third-order valence-corrected chi connectivity index (χ3v) is 15.6. The number of hydrogen-bond acceptors (Lipinski definition) is 4. The summed E-state index contributed by atoms with van der Waals surface area (Å²) in [6, 6.07) is 49.0. The Morgan fingerprint density at radius 1 is 0.639 bits per heavy atom. The second-order valence-corrected chi connectivity index (χ2v) is 28.4. The van der Waals surface area contributed by atoms with Crippen LogP contribution in [-0.2, 0) is 20.1 Å². The van der Waals surface area contributed by atoms with Crippen LogP contribution in [0.3, 0.4) is 0 Å². The van der Waals surface area contributed by atoms with Gasteiger partial charge in [0.1, 0.15) is 0 Å². The fourth-order valence-electron chi connectivity index (χ4n) is 8.19. The number of furan rings is 1. The zero-order valence-corrected chi connectivity index (χ0v) is 41.4. The molecule has 0 bridgehead atoms. The topological polar surface area (TPSA) is 56.7 Å². The summed E-state index contributed by atoms with van der Waals surface area (Å²) in [6.45, 7) is 15.6. The SMILES string of the molecule is CC(C)c1cc(-c2[c-]cccc2)nc[c]1[Ge]([CH3])([CH3])[CH3].Cc1ccc2c(n1)oc1c(-c3nc4ccccc4n3-c3c(C(C)C)cc(-c4ccccc4)cc3C(C)C)[c-]ccc12.[Ir]. The van der Waals surface area contributed by atoms with Crippen molar-refractivity contribution in [3.05, 3.63) is 162 Å². The van der Waals surface area contributed by atoms with Gasteiger partial charge in [-0.3, -0.25) is 4.98 Å². The van der Waals surface area contributed by atoms with Gasteiger partial charge in [-0.15, -0.1) is 18.2 Å². The van der Waals surface area contributed by atoms with Gasteiger partial charge in [0.2, 0.25) is 5.71 Å². The molecule has 61 heavy (non-hydrogen) atoms. The molecule has 4 aromatic heterocycles. The Kier molecular flexibility index (Phi) is 13.0. The largest absolute Gasteiger partial charge is 0.486 e. The first-order chi connectivity index (χ1) is 28.8. The first kappa shape index (κ1) is 43.9. The van der Waals surface area contributed by atoms with Crippen LogP contribution in [0.1, 0.15) is 81.7 Å². The number of benzene rings is 5. The maximum absolute atomic E-state index is 6.44. The minimum Gasteiger partial charge on any atom is -0.486 e. The minimum atomic E-state index is -1.85. The van der Waals surface area contributed by atoms with Crippen LogP contribution in [0, 0.1) is 19.1 Å². The van der Waals surface area contributed by atoms with E-state index in [1.807, 2.05) is 43.3 Å². The van der Waals surface area contributed by atoms with Crippen molar-refractivity contribution in [3.8, 4) is 39.5 Å². The first-order valence-corrected chi connectivity index (χ1v) is 28.5. The molecular weight excluding hydrogens is 985 g/mol. The van der Waals surface area contributed by atoms with Crippen LogP contribution in [0.25, 0.3) is 72.6 Å². The Morgan fingerprint density at radius 2 is 1.31 bits per heavy atom. The van der Waals surface area contributed by atoms with E-state index in [0.717, 1.165) is 55.7 Å². The molecule has 0 unspecified atom stereocenters. The van der Waals surface area contributed by atoms with E-state index in [1.54, 1.807) is 0 Å². The normalized spacial score (nSPS) is 11.8. The molecule has 0 amide bonds. The summed E-state index contributed by atoms with van der Waals surface area (Å²) in [7, 11) is 0. The van der Waals surface area contributed by atoms with Gasteiger partial charge in [-0.1, -0.05) is 81.1 Å². The second-order valence-electron chi connectivity index (χ2n) is 17.8. The fourth-order valence-corrected chi connectivity index (χ4v) is 11.7. The molecule has 5 nitrogen and oxygen atoms in total. The van der Waals surface area contributed by atoms with Gasteiger partial charge >= 0.3 is 119 Å². The predicted molar refractivity (Wildman–Crippen MR) is 254 cm³/mol. The average Bonchev–Trinajstić information content (AvgIpc) is 3.81. The van der Waals surface area contributed by atoms with Crippen molar-refractivity contribution in [3.63, 3.8) is 0 Å². The van der Waals surface area contributed by atoms with Gasteiger partial charge in [-0.25, -0.2) is 4.98 Å². The van der Waals surface area contributed by atoms with Gasteiger partial charge in [0.15, 0.2) is 0 Å². The molecule has 0 aliphatic rings. The molecule has 311 valence electrons. The van der Waals surface area contributed by atoms with Gasteiger partial charge in [0.25, 0.3) is 0 Å².